The van der Waals surface area contributed by atoms with E-state index in [0.717, 1.165) is 42.6 Å². The van der Waals surface area contributed by atoms with E-state index in [0.29, 0.717) is 17.9 Å². The molecule has 4 rings (SSSR count). The van der Waals surface area contributed by atoms with Gasteiger partial charge in [0.15, 0.2) is 5.69 Å². The van der Waals surface area contributed by atoms with Gasteiger partial charge in [-0.15, -0.1) is 0 Å². The van der Waals surface area contributed by atoms with E-state index in [9.17, 15) is 9.18 Å². The van der Waals surface area contributed by atoms with Crippen LogP contribution in [0, 0.1) is 5.82 Å². The van der Waals surface area contributed by atoms with Gasteiger partial charge in [-0.25, -0.2) is 4.39 Å². The molecule has 0 radical (unpaired) electrons. The highest BCUT2D eigenvalue weighted by Crippen LogP contribution is 2.24. The van der Waals surface area contributed by atoms with Crippen LogP contribution in [0.5, 0.6) is 0 Å². The van der Waals surface area contributed by atoms with Crippen molar-refractivity contribution in [2.45, 2.75) is 32.2 Å². The first-order chi connectivity index (χ1) is 12.2. The molecule has 0 spiro atoms. The molecule has 1 amide bonds. The maximum absolute atomic E-state index is 13.2. The van der Waals surface area contributed by atoms with Crippen molar-refractivity contribution < 1.29 is 13.7 Å². The smallest absolute Gasteiger partial charge is 0.278 e. The first-order valence-corrected chi connectivity index (χ1v) is 8.25. The molecule has 0 saturated heterocycles. The van der Waals surface area contributed by atoms with E-state index in [1.807, 2.05) is 6.07 Å². The first kappa shape index (κ1) is 15.6. The van der Waals surface area contributed by atoms with E-state index >= 15 is 0 Å². The average Bonchev–Trinajstić information content (AvgIpc) is 3.21. The predicted octanol–water partition coefficient (Wildman–Crippen LogP) is 3.19. The minimum atomic E-state index is -0.294. The summed E-state index contributed by atoms with van der Waals surface area (Å²) in [6.45, 7) is 0.424. The van der Waals surface area contributed by atoms with Crippen molar-refractivity contribution in [1.29, 1.82) is 0 Å². The normalized spacial score (nSPS) is 13.5. The highest BCUT2D eigenvalue weighted by Gasteiger charge is 2.24. The Morgan fingerprint density at radius 3 is 3.08 bits per heavy atom. The number of rotatable bonds is 4. The number of carbonyl (C=O) groups is 1. The molecule has 0 atom stereocenters. The van der Waals surface area contributed by atoms with Gasteiger partial charge >= 0.3 is 0 Å². The quantitative estimate of drug-likeness (QED) is 0.792. The summed E-state index contributed by atoms with van der Waals surface area (Å²) in [7, 11) is 0. The average molecular weight is 340 g/mol. The standard InChI is InChI=1S/C18H17FN4O2/c19-13-5-3-4-12(8-13)10-23-11-14(9-20-23)21-18(24)17-15-6-1-2-7-16(15)25-22-17/h3-5,8-9,11H,1-2,6-7,10H2,(H,21,24). The van der Waals surface area contributed by atoms with Gasteiger partial charge in [0.1, 0.15) is 11.6 Å². The minimum Gasteiger partial charge on any atom is -0.360 e. The number of hydrogen-bond donors (Lipinski definition) is 1. The van der Waals surface area contributed by atoms with E-state index in [1.54, 1.807) is 23.1 Å². The number of benzene rings is 1. The Bertz CT molecular complexity index is 915. The lowest BCUT2D eigenvalue weighted by Gasteiger charge is -2.08. The fourth-order valence-corrected chi connectivity index (χ4v) is 3.09. The molecule has 1 N–H and O–H groups in total. The van der Waals surface area contributed by atoms with E-state index in [2.05, 4.69) is 15.6 Å². The Hall–Kier alpha value is -2.96. The highest BCUT2D eigenvalue weighted by molar-refractivity contribution is 6.03. The van der Waals surface area contributed by atoms with E-state index < -0.39 is 0 Å². The Morgan fingerprint density at radius 2 is 2.20 bits per heavy atom. The van der Waals surface area contributed by atoms with Crippen molar-refractivity contribution in [3.63, 3.8) is 0 Å². The summed E-state index contributed by atoms with van der Waals surface area (Å²) < 4.78 is 20.2. The Labute approximate surface area is 143 Å². The van der Waals surface area contributed by atoms with Crippen LogP contribution in [0.3, 0.4) is 0 Å². The zero-order valence-corrected chi connectivity index (χ0v) is 13.5. The van der Waals surface area contributed by atoms with Crippen LogP contribution in [0.2, 0.25) is 0 Å². The molecule has 128 valence electrons. The topological polar surface area (TPSA) is 73.0 Å². The number of amides is 1. The van der Waals surface area contributed by atoms with Crippen molar-refractivity contribution in [2.24, 2.45) is 0 Å². The van der Waals surface area contributed by atoms with Gasteiger partial charge < -0.3 is 9.84 Å². The number of aromatic nitrogens is 3. The fraction of sp³-hybridized carbons (Fsp3) is 0.278. The van der Waals surface area contributed by atoms with Crippen LogP contribution in [0.4, 0.5) is 10.1 Å². The molecule has 7 heteroatoms. The largest absolute Gasteiger partial charge is 0.360 e. The van der Waals surface area contributed by atoms with Gasteiger partial charge in [-0.1, -0.05) is 17.3 Å². The molecule has 0 unspecified atom stereocenters. The molecule has 2 aromatic heterocycles. The van der Waals surface area contributed by atoms with Crippen LogP contribution in [-0.4, -0.2) is 20.8 Å². The number of nitrogens with zero attached hydrogens (tertiary/aromatic N) is 3. The Morgan fingerprint density at radius 1 is 1.32 bits per heavy atom. The summed E-state index contributed by atoms with van der Waals surface area (Å²) in [6, 6.07) is 6.34. The van der Waals surface area contributed by atoms with Crippen molar-refractivity contribution >= 4 is 11.6 Å². The van der Waals surface area contributed by atoms with Crippen molar-refractivity contribution in [1.82, 2.24) is 14.9 Å². The molecule has 1 aliphatic carbocycles. The second kappa shape index (κ2) is 6.51. The lowest BCUT2D eigenvalue weighted by Crippen LogP contribution is -2.15. The van der Waals surface area contributed by atoms with E-state index in [1.165, 1.54) is 12.1 Å². The third kappa shape index (κ3) is 3.31. The molecule has 2 heterocycles. The van der Waals surface area contributed by atoms with Crippen LogP contribution in [-0.2, 0) is 19.4 Å². The van der Waals surface area contributed by atoms with Crippen LogP contribution >= 0.6 is 0 Å². The summed E-state index contributed by atoms with van der Waals surface area (Å²) in [6.07, 6.45) is 7.02. The summed E-state index contributed by atoms with van der Waals surface area (Å²) in [4.78, 5) is 12.4. The van der Waals surface area contributed by atoms with E-state index in [-0.39, 0.29) is 11.7 Å². The fourth-order valence-electron chi connectivity index (χ4n) is 3.09. The second-order valence-electron chi connectivity index (χ2n) is 6.15. The van der Waals surface area contributed by atoms with Gasteiger partial charge in [0, 0.05) is 18.2 Å². The molecule has 0 fully saturated rings. The van der Waals surface area contributed by atoms with E-state index in [4.69, 9.17) is 4.52 Å². The van der Waals surface area contributed by atoms with Gasteiger partial charge in [0.2, 0.25) is 0 Å². The SMILES string of the molecule is O=C(Nc1cnn(Cc2cccc(F)c2)c1)c1noc2c1CCCC2. The van der Waals surface area contributed by atoms with Crippen LogP contribution < -0.4 is 5.32 Å². The summed E-state index contributed by atoms with van der Waals surface area (Å²) >= 11 is 0. The predicted molar refractivity (Wildman–Crippen MR) is 88.8 cm³/mol. The number of anilines is 1. The first-order valence-electron chi connectivity index (χ1n) is 8.25. The van der Waals surface area contributed by atoms with Gasteiger partial charge in [-0.05, 0) is 37.0 Å². The molecule has 1 aliphatic rings. The lowest BCUT2D eigenvalue weighted by atomic mass is 9.96. The number of nitrogens with one attached hydrogen (secondary N) is 1. The molecule has 6 nitrogen and oxygen atoms in total. The van der Waals surface area contributed by atoms with Crippen molar-refractivity contribution in [2.75, 3.05) is 5.32 Å². The zero-order valence-electron chi connectivity index (χ0n) is 13.5. The number of hydrogen-bond acceptors (Lipinski definition) is 4. The molecule has 0 bridgehead atoms. The molecule has 3 aromatic rings. The number of fused-ring (bicyclic) bond motifs is 1. The van der Waals surface area contributed by atoms with Crippen LogP contribution in [0.1, 0.15) is 40.2 Å². The highest BCUT2D eigenvalue weighted by atomic mass is 19.1. The third-order valence-corrected chi connectivity index (χ3v) is 4.29. The van der Waals surface area contributed by atoms with Crippen LogP contribution in [0.25, 0.3) is 0 Å². The minimum absolute atomic E-state index is 0.283. The van der Waals surface area contributed by atoms with Crippen molar-refractivity contribution in [3.8, 4) is 0 Å². The van der Waals surface area contributed by atoms with Crippen LogP contribution in [0.15, 0.2) is 41.2 Å². The molecular weight excluding hydrogens is 323 g/mol. The second-order valence-corrected chi connectivity index (χ2v) is 6.15. The third-order valence-electron chi connectivity index (χ3n) is 4.29. The Balaban J connectivity index is 1.46. The lowest BCUT2D eigenvalue weighted by molar-refractivity contribution is 0.101. The maximum atomic E-state index is 13.2. The summed E-state index contributed by atoms with van der Waals surface area (Å²) in [5.74, 6) is 0.240. The molecule has 0 aliphatic heterocycles. The van der Waals surface area contributed by atoms with Gasteiger partial charge in [0.25, 0.3) is 5.91 Å². The molecule has 0 saturated carbocycles. The number of halogens is 1. The molecule has 25 heavy (non-hydrogen) atoms. The molecule has 1 aromatic carbocycles. The maximum Gasteiger partial charge on any atom is 0.278 e. The number of carbonyl (C=O) groups excluding carboxylic acids is 1. The number of aryl methyl sites for hydroxylation is 1. The van der Waals surface area contributed by atoms with Crippen molar-refractivity contribution in [3.05, 3.63) is 65.1 Å². The monoisotopic (exact) mass is 340 g/mol. The molecular formula is C18H17FN4O2. The van der Waals surface area contributed by atoms with Gasteiger partial charge in [-0.3, -0.25) is 9.48 Å². The van der Waals surface area contributed by atoms with Gasteiger partial charge in [-0.2, -0.15) is 5.10 Å². The Kier molecular flexibility index (Phi) is 4.05. The summed E-state index contributed by atoms with van der Waals surface area (Å²) in [5.41, 5.74) is 2.63. The van der Waals surface area contributed by atoms with Gasteiger partial charge in [0.05, 0.1) is 18.4 Å². The summed E-state index contributed by atoms with van der Waals surface area (Å²) in [5, 5.41) is 10.9. The zero-order chi connectivity index (χ0) is 17.2.